The fourth-order valence-electron chi connectivity index (χ4n) is 1.86. The Hall–Kier alpha value is -0.108. The topological polar surface area (TPSA) is 51.2 Å². The van der Waals surface area contributed by atoms with Crippen molar-refractivity contribution < 1.29 is 13.2 Å². The molecule has 5 heteroatoms. The van der Waals surface area contributed by atoms with Gasteiger partial charge in [0.15, 0.2) is 5.78 Å². The number of rotatable bonds is 2. The average Bonchev–Trinajstić information content (AvgIpc) is 2.06. The van der Waals surface area contributed by atoms with Crippen LogP contribution in [0.4, 0.5) is 0 Å². The Morgan fingerprint density at radius 3 is 2.33 bits per heavy atom. The van der Waals surface area contributed by atoms with Gasteiger partial charge in [-0.05, 0) is 30.1 Å². The Bertz CT molecular complexity index is 359. The zero-order chi connectivity index (χ0) is 10.9. The molecule has 0 saturated heterocycles. The first-order chi connectivity index (χ1) is 6.34. The summed E-state index contributed by atoms with van der Waals surface area (Å²) in [5, 5.41) is 0. The van der Waals surface area contributed by atoms with E-state index in [1.54, 1.807) is 6.92 Å². The summed E-state index contributed by atoms with van der Waals surface area (Å²) in [5.41, 5.74) is 1.27. The first-order valence-electron chi connectivity index (χ1n) is 4.64. The molecule has 84 valence electrons. The third-order valence-corrected chi connectivity index (χ3v) is 3.45. The Labute approximate surface area is 103 Å². The van der Waals surface area contributed by atoms with Gasteiger partial charge in [0, 0.05) is 6.42 Å². The van der Waals surface area contributed by atoms with Gasteiger partial charge < -0.3 is 8.42 Å². The molecule has 0 fully saturated rings. The van der Waals surface area contributed by atoms with Crippen LogP contribution in [0.1, 0.15) is 33.6 Å². The second-order valence-electron chi connectivity index (χ2n) is 4.36. The minimum absolute atomic E-state index is 0. The van der Waals surface area contributed by atoms with Gasteiger partial charge in [-0.3, -0.25) is 4.79 Å². The number of allylic oxidation sites excluding steroid dienone is 1. The molecule has 0 aromatic rings. The molecule has 0 N–H and O–H groups in total. The van der Waals surface area contributed by atoms with Crippen molar-refractivity contribution in [2.24, 2.45) is 5.41 Å². The van der Waals surface area contributed by atoms with Gasteiger partial charge in [0.1, 0.15) is 0 Å². The summed E-state index contributed by atoms with van der Waals surface area (Å²) in [7, 11) is -2.11. The Balaban J connectivity index is 0.00000196. The molecule has 0 heterocycles. The van der Waals surface area contributed by atoms with Crippen LogP contribution in [0, 0.1) is 5.41 Å². The molecule has 0 amide bonds. The van der Waals surface area contributed by atoms with Gasteiger partial charge in [0.05, 0.1) is 0 Å². The molecule has 0 radical (unpaired) electrons. The van der Waals surface area contributed by atoms with Gasteiger partial charge in [-0.1, -0.05) is 30.1 Å². The van der Waals surface area contributed by atoms with E-state index in [2.05, 4.69) is 0 Å². The van der Waals surface area contributed by atoms with E-state index in [-0.39, 0.29) is 34.3 Å². The summed E-state index contributed by atoms with van der Waals surface area (Å²) < 4.78 is 21.3. The third-order valence-electron chi connectivity index (χ3n) is 2.93. The predicted molar refractivity (Wildman–Crippen MR) is 62.9 cm³/mol. The molecule has 15 heavy (non-hydrogen) atoms. The molecule has 3 nitrogen and oxygen atoms in total. The van der Waals surface area contributed by atoms with Crippen molar-refractivity contribution >= 4 is 33.8 Å². The van der Waals surface area contributed by atoms with Gasteiger partial charge in [0.25, 0.3) is 0 Å². The summed E-state index contributed by atoms with van der Waals surface area (Å²) >= 11 is 0. The second-order valence-corrected chi connectivity index (χ2v) is 5.25. The Morgan fingerprint density at radius 1 is 1.33 bits per heavy atom. The van der Waals surface area contributed by atoms with Crippen molar-refractivity contribution in [1.29, 1.82) is 0 Å². The molecule has 1 aliphatic rings. The van der Waals surface area contributed by atoms with Crippen LogP contribution >= 0.6 is 0 Å². The normalized spacial score (nSPS) is 20.4. The average molecular weight is 244 g/mol. The van der Waals surface area contributed by atoms with E-state index in [1.807, 2.05) is 13.8 Å². The van der Waals surface area contributed by atoms with Crippen LogP contribution in [0.2, 0.25) is 0 Å². The van der Waals surface area contributed by atoms with Crippen LogP contribution in [0.25, 0.3) is 0 Å². The number of ketones is 1. The quantitative estimate of drug-likeness (QED) is 0.539. The molecule has 0 saturated carbocycles. The summed E-state index contributed by atoms with van der Waals surface area (Å²) in [6, 6.07) is 0. The number of hydrogen-bond acceptors (Lipinski definition) is 4. The number of Topliss-reactive ketones (excluding diaryl/α,β-unsaturated/α-hetero) is 1. The van der Waals surface area contributed by atoms with Gasteiger partial charge in [0.2, 0.25) is 0 Å². The van der Waals surface area contributed by atoms with Crippen LogP contribution < -0.4 is 0 Å². The van der Waals surface area contributed by atoms with Crippen LogP contribution in [-0.4, -0.2) is 28.9 Å². The first kappa shape index (κ1) is 14.9. The van der Waals surface area contributed by atoms with Gasteiger partial charge in [-0.25, -0.2) is 0 Å². The van der Waals surface area contributed by atoms with Crippen molar-refractivity contribution in [2.45, 2.75) is 33.6 Å². The van der Waals surface area contributed by atoms with Crippen molar-refractivity contribution in [3.8, 4) is 0 Å². The standard InChI is InChI=1S/C10H15O3S.Al.2H/c1-7-8(6-14(12)13)10(2,3)5-4-9(7)11;;;/h4-6H2,1-3H3;;;/q-1;+1;;. The van der Waals surface area contributed by atoms with E-state index in [9.17, 15) is 13.2 Å². The van der Waals surface area contributed by atoms with Crippen LogP contribution in [0.3, 0.4) is 0 Å². The summed E-state index contributed by atoms with van der Waals surface area (Å²) in [5.74, 6) is 0.0784. The monoisotopic (exact) mass is 244 g/mol. The molecule has 0 atom stereocenters. The SMILES string of the molecule is CC1=C(C[S-](=O)=O)C(C)(C)CCC1=O.[AlH2+]. The van der Waals surface area contributed by atoms with E-state index < -0.39 is 10.7 Å². The Kier molecular flexibility index (Phi) is 5.25. The van der Waals surface area contributed by atoms with Crippen molar-refractivity contribution in [1.82, 2.24) is 0 Å². The minimum atomic E-state index is -2.11. The van der Waals surface area contributed by atoms with Crippen LogP contribution in [0.5, 0.6) is 0 Å². The van der Waals surface area contributed by atoms with Crippen molar-refractivity contribution in [2.75, 3.05) is 5.75 Å². The number of carbonyl (C=O) groups is 1. The van der Waals surface area contributed by atoms with E-state index in [0.29, 0.717) is 12.0 Å². The summed E-state index contributed by atoms with van der Waals surface area (Å²) in [6.07, 6.45) is 1.28. The zero-order valence-corrected chi connectivity index (χ0v) is 12.6. The molecule has 0 aliphatic heterocycles. The molecule has 0 aromatic carbocycles. The van der Waals surface area contributed by atoms with Crippen molar-refractivity contribution in [3.05, 3.63) is 11.1 Å². The van der Waals surface area contributed by atoms with Gasteiger partial charge in [-0.15, -0.1) is 0 Å². The molecule has 0 unspecified atom stereocenters. The van der Waals surface area contributed by atoms with Crippen LogP contribution in [-0.2, 0) is 23.9 Å². The molecule has 0 spiro atoms. The van der Waals surface area contributed by atoms with Crippen molar-refractivity contribution in [3.63, 3.8) is 0 Å². The second kappa shape index (κ2) is 5.29. The van der Waals surface area contributed by atoms with E-state index in [1.165, 1.54) is 0 Å². The van der Waals surface area contributed by atoms with E-state index >= 15 is 0 Å². The summed E-state index contributed by atoms with van der Waals surface area (Å²) in [4.78, 5) is 11.4. The maximum absolute atomic E-state index is 11.4. The zero-order valence-electron chi connectivity index (χ0n) is 9.75. The van der Waals surface area contributed by atoms with E-state index in [4.69, 9.17) is 0 Å². The molecule has 0 bridgehead atoms. The van der Waals surface area contributed by atoms with Gasteiger partial charge in [-0.2, -0.15) is 0 Å². The number of carbonyl (C=O) groups excluding carboxylic acids is 1. The number of hydrogen-bond donors (Lipinski definition) is 0. The van der Waals surface area contributed by atoms with E-state index in [0.717, 1.165) is 12.0 Å². The fraction of sp³-hybridized carbons (Fsp3) is 0.700. The summed E-state index contributed by atoms with van der Waals surface area (Å²) in [6.45, 7) is 5.71. The first-order valence-corrected chi connectivity index (χ1v) is 5.88. The third kappa shape index (κ3) is 3.44. The van der Waals surface area contributed by atoms with Crippen LogP contribution in [0.15, 0.2) is 11.1 Å². The molecule has 1 rings (SSSR count). The molecular weight excluding hydrogens is 227 g/mol. The predicted octanol–water partition coefficient (Wildman–Crippen LogP) is 1.09. The molecular formula is C10H17AlO3S. The fourth-order valence-corrected chi connectivity index (χ4v) is 2.70. The van der Waals surface area contributed by atoms with Gasteiger partial charge >= 0.3 is 17.4 Å². The molecule has 0 aromatic heterocycles. The molecule has 1 aliphatic carbocycles. The maximum atomic E-state index is 11.4. The Morgan fingerprint density at radius 2 is 1.87 bits per heavy atom.